The van der Waals surface area contributed by atoms with Crippen LogP contribution in [0, 0.1) is 5.82 Å². The molecular formula is C24H27FN6O3. The van der Waals surface area contributed by atoms with Gasteiger partial charge in [-0.1, -0.05) is 0 Å². The van der Waals surface area contributed by atoms with Gasteiger partial charge < -0.3 is 15.8 Å². The van der Waals surface area contributed by atoms with Crippen molar-refractivity contribution in [1.29, 1.82) is 0 Å². The number of alkyl carbamates (subject to hydrolysis) is 1. The summed E-state index contributed by atoms with van der Waals surface area (Å²) < 4.78 is 20.1. The molecule has 2 heterocycles. The number of amides is 2. The molecule has 10 heteroatoms. The maximum atomic E-state index is 13.3. The number of carbonyl (C=O) groups is 2. The number of nitrogens with one attached hydrogen (secondary N) is 1. The molecule has 0 aliphatic heterocycles. The van der Waals surface area contributed by atoms with Crippen molar-refractivity contribution in [2.45, 2.75) is 52.2 Å². The van der Waals surface area contributed by atoms with Crippen LogP contribution >= 0.6 is 0 Å². The fourth-order valence-corrected chi connectivity index (χ4v) is 3.89. The van der Waals surface area contributed by atoms with Crippen molar-refractivity contribution >= 4 is 12.0 Å². The standard InChI is InChI=1S/C24H27FN6O3/c1-24(2,3)34-23(33)27-11-4-12-31-20(21(26)32)17-10-7-15-13-28-22(29-18(15)19(17)30-31)14-5-8-16(25)9-6-14/h5-6,8-9,13H,4,7,10-12H2,1-3H3,(H2,26,32)(H,27,33). The van der Waals surface area contributed by atoms with Crippen LogP contribution in [0.2, 0.25) is 0 Å². The van der Waals surface area contributed by atoms with Crippen molar-refractivity contribution < 1.29 is 18.7 Å². The van der Waals surface area contributed by atoms with Crippen molar-refractivity contribution in [1.82, 2.24) is 25.1 Å². The van der Waals surface area contributed by atoms with E-state index in [1.807, 2.05) is 0 Å². The van der Waals surface area contributed by atoms with E-state index in [1.165, 1.54) is 12.1 Å². The number of rotatable bonds is 6. The summed E-state index contributed by atoms with van der Waals surface area (Å²) in [5, 5.41) is 7.36. The molecule has 1 aliphatic carbocycles. The Kier molecular flexibility index (Phi) is 6.32. The quantitative estimate of drug-likeness (QED) is 0.537. The third-order valence-corrected chi connectivity index (χ3v) is 5.33. The number of aryl methyl sites for hydroxylation is 2. The van der Waals surface area contributed by atoms with E-state index in [-0.39, 0.29) is 5.82 Å². The number of nitrogens with zero attached hydrogens (tertiary/aromatic N) is 4. The van der Waals surface area contributed by atoms with E-state index in [0.29, 0.717) is 60.8 Å². The topological polar surface area (TPSA) is 125 Å². The number of halogens is 1. The molecule has 3 aromatic rings. The summed E-state index contributed by atoms with van der Waals surface area (Å²) in [5.74, 6) is -0.455. The molecule has 178 valence electrons. The first-order chi connectivity index (χ1) is 16.1. The Balaban J connectivity index is 1.57. The lowest BCUT2D eigenvalue weighted by Crippen LogP contribution is -2.33. The van der Waals surface area contributed by atoms with Gasteiger partial charge in [0, 0.05) is 30.4 Å². The van der Waals surface area contributed by atoms with Crippen LogP contribution in [-0.2, 0) is 24.1 Å². The van der Waals surface area contributed by atoms with Crippen molar-refractivity contribution in [3.05, 3.63) is 53.1 Å². The molecule has 3 N–H and O–H groups in total. The first-order valence-corrected chi connectivity index (χ1v) is 11.1. The van der Waals surface area contributed by atoms with Crippen molar-refractivity contribution in [3.8, 4) is 22.8 Å². The minimum atomic E-state index is -0.577. The van der Waals surface area contributed by atoms with Gasteiger partial charge in [0.25, 0.3) is 5.91 Å². The zero-order valence-electron chi connectivity index (χ0n) is 19.4. The van der Waals surface area contributed by atoms with E-state index in [1.54, 1.807) is 43.8 Å². The van der Waals surface area contributed by atoms with Gasteiger partial charge >= 0.3 is 6.09 Å². The minimum Gasteiger partial charge on any atom is -0.444 e. The largest absolute Gasteiger partial charge is 0.444 e. The number of benzene rings is 1. The van der Waals surface area contributed by atoms with Gasteiger partial charge in [-0.25, -0.2) is 19.2 Å². The molecule has 9 nitrogen and oxygen atoms in total. The molecule has 1 aliphatic rings. The molecule has 0 atom stereocenters. The molecule has 0 saturated heterocycles. The monoisotopic (exact) mass is 466 g/mol. The average Bonchev–Trinajstić information content (AvgIpc) is 3.15. The van der Waals surface area contributed by atoms with Crippen LogP contribution in [0.15, 0.2) is 30.5 Å². The summed E-state index contributed by atoms with van der Waals surface area (Å²) in [5.41, 5.74) is 9.07. The number of hydrogen-bond acceptors (Lipinski definition) is 6. The second-order valence-corrected chi connectivity index (χ2v) is 9.12. The fourth-order valence-electron chi connectivity index (χ4n) is 3.89. The Morgan fingerprint density at radius 2 is 1.91 bits per heavy atom. The second kappa shape index (κ2) is 9.20. The molecule has 0 saturated carbocycles. The van der Waals surface area contributed by atoms with E-state index >= 15 is 0 Å². The van der Waals surface area contributed by atoms with E-state index in [4.69, 9.17) is 10.5 Å². The lowest BCUT2D eigenvalue weighted by atomic mass is 9.93. The Morgan fingerprint density at radius 3 is 2.59 bits per heavy atom. The third-order valence-electron chi connectivity index (χ3n) is 5.33. The van der Waals surface area contributed by atoms with Crippen molar-refractivity contribution in [3.63, 3.8) is 0 Å². The highest BCUT2D eigenvalue weighted by Crippen LogP contribution is 2.34. The summed E-state index contributed by atoms with van der Waals surface area (Å²) in [4.78, 5) is 33.2. The van der Waals surface area contributed by atoms with Crippen LogP contribution in [-0.4, -0.2) is 43.9 Å². The molecule has 0 unspecified atom stereocenters. The normalized spacial score (nSPS) is 12.6. The fraction of sp³-hybridized carbons (Fsp3) is 0.375. The zero-order chi connectivity index (χ0) is 24.5. The third kappa shape index (κ3) is 5.05. The number of hydrogen-bond donors (Lipinski definition) is 2. The molecule has 0 spiro atoms. The van der Waals surface area contributed by atoms with Crippen molar-refractivity contribution in [2.75, 3.05) is 6.54 Å². The second-order valence-electron chi connectivity index (χ2n) is 9.12. The Hall–Kier alpha value is -3.82. The first-order valence-electron chi connectivity index (χ1n) is 11.1. The van der Waals surface area contributed by atoms with Crippen LogP contribution in [0.3, 0.4) is 0 Å². The van der Waals surface area contributed by atoms with E-state index < -0.39 is 17.6 Å². The van der Waals surface area contributed by atoms with Gasteiger partial charge in [0.05, 0.1) is 5.69 Å². The van der Waals surface area contributed by atoms with Gasteiger partial charge in [0.2, 0.25) is 0 Å². The average molecular weight is 467 g/mol. The molecule has 0 bridgehead atoms. The Bertz CT molecular complexity index is 1230. The lowest BCUT2D eigenvalue weighted by Gasteiger charge is -2.19. The van der Waals surface area contributed by atoms with Crippen LogP contribution in [0.5, 0.6) is 0 Å². The van der Waals surface area contributed by atoms with Crippen LogP contribution < -0.4 is 11.1 Å². The Labute approximate surface area is 196 Å². The molecular weight excluding hydrogens is 439 g/mol. The number of primary amides is 1. The molecule has 1 aromatic carbocycles. The van der Waals surface area contributed by atoms with Gasteiger partial charge in [-0.2, -0.15) is 5.10 Å². The van der Waals surface area contributed by atoms with Gasteiger partial charge in [0.1, 0.15) is 22.8 Å². The number of nitrogens with two attached hydrogens (primary N) is 1. The number of carbonyl (C=O) groups excluding carboxylic acids is 2. The van der Waals surface area contributed by atoms with E-state index in [2.05, 4.69) is 20.4 Å². The van der Waals surface area contributed by atoms with Gasteiger partial charge in [-0.05, 0) is 69.9 Å². The maximum Gasteiger partial charge on any atom is 0.407 e. The first kappa shape index (κ1) is 23.3. The predicted molar refractivity (Wildman–Crippen MR) is 123 cm³/mol. The highest BCUT2D eigenvalue weighted by Gasteiger charge is 2.29. The zero-order valence-corrected chi connectivity index (χ0v) is 19.4. The molecule has 34 heavy (non-hydrogen) atoms. The minimum absolute atomic E-state index is 0.338. The number of ether oxygens (including phenoxy) is 1. The smallest absolute Gasteiger partial charge is 0.407 e. The summed E-state index contributed by atoms with van der Waals surface area (Å²) >= 11 is 0. The maximum absolute atomic E-state index is 13.3. The number of aromatic nitrogens is 4. The molecule has 0 radical (unpaired) electrons. The lowest BCUT2D eigenvalue weighted by molar-refractivity contribution is 0.0526. The van der Waals surface area contributed by atoms with E-state index in [9.17, 15) is 14.0 Å². The highest BCUT2D eigenvalue weighted by molar-refractivity contribution is 5.95. The summed E-state index contributed by atoms with van der Waals surface area (Å²) in [6, 6.07) is 5.95. The number of fused-ring (bicyclic) bond motifs is 3. The summed E-state index contributed by atoms with van der Waals surface area (Å²) in [7, 11) is 0. The molecule has 2 aromatic heterocycles. The summed E-state index contributed by atoms with van der Waals surface area (Å²) in [6.45, 7) is 6.12. The highest BCUT2D eigenvalue weighted by atomic mass is 19.1. The van der Waals surface area contributed by atoms with Crippen LogP contribution in [0.25, 0.3) is 22.8 Å². The molecule has 2 amide bonds. The molecule has 0 fully saturated rings. The van der Waals surface area contributed by atoms with E-state index in [0.717, 1.165) is 11.1 Å². The SMILES string of the molecule is CC(C)(C)OC(=O)NCCCn1nc2c(c1C(N)=O)CCc1cnc(-c3ccc(F)cc3)nc1-2. The van der Waals surface area contributed by atoms with Crippen molar-refractivity contribution in [2.24, 2.45) is 5.73 Å². The molecule has 4 rings (SSSR count). The predicted octanol–water partition coefficient (Wildman–Crippen LogP) is 3.26. The van der Waals surface area contributed by atoms with Gasteiger partial charge in [0.15, 0.2) is 5.82 Å². The van der Waals surface area contributed by atoms with Gasteiger partial charge in [-0.3, -0.25) is 9.48 Å². The summed E-state index contributed by atoms with van der Waals surface area (Å²) in [6.07, 6.45) is 3.02. The van der Waals surface area contributed by atoms with Crippen LogP contribution in [0.4, 0.5) is 9.18 Å². The van der Waals surface area contributed by atoms with Crippen LogP contribution in [0.1, 0.15) is 48.8 Å². The Morgan fingerprint density at radius 1 is 1.18 bits per heavy atom. The van der Waals surface area contributed by atoms with Gasteiger partial charge in [-0.15, -0.1) is 0 Å².